The zero-order valence-electron chi connectivity index (χ0n) is 18.5. The monoisotopic (exact) mass is 425 g/mol. The Hall–Kier alpha value is -4.42. The first-order chi connectivity index (χ1) is 16.2. The topological polar surface area (TPSA) is 40.8 Å². The zero-order valence-corrected chi connectivity index (χ0v) is 18.5. The van der Waals surface area contributed by atoms with Crippen molar-refractivity contribution >= 4 is 32.7 Å². The lowest BCUT2D eigenvalue weighted by molar-refractivity contribution is -0.660. The zero-order chi connectivity index (χ0) is 22.5. The number of fused-ring (bicyclic) bond motifs is 4. The van der Waals surface area contributed by atoms with Crippen LogP contribution in [0.2, 0.25) is 0 Å². The molecule has 0 aliphatic heterocycles. The van der Waals surface area contributed by atoms with Gasteiger partial charge in [0.2, 0.25) is 5.69 Å². The van der Waals surface area contributed by atoms with Crippen LogP contribution in [0.4, 0.5) is 0 Å². The third-order valence-corrected chi connectivity index (χ3v) is 6.48. The highest BCUT2D eigenvalue weighted by atomic mass is 16.3. The van der Waals surface area contributed by atoms with Gasteiger partial charge in [0.15, 0.2) is 6.20 Å². The summed E-state index contributed by atoms with van der Waals surface area (Å²) >= 11 is 0. The second-order valence-corrected chi connectivity index (χ2v) is 8.47. The third-order valence-electron chi connectivity index (χ3n) is 6.48. The van der Waals surface area contributed by atoms with E-state index in [4.69, 9.17) is 4.42 Å². The molecule has 0 unspecified atom stereocenters. The Morgan fingerprint density at radius 1 is 0.818 bits per heavy atom. The molecule has 2 aromatic heterocycles. The van der Waals surface area contributed by atoms with Crippen LogP contribution in [0.5, 0.6) is 0 Å². The Morgan fingerprint density at radius 2 is 1.64 bits per heavy atom. The van der Waals surface area contributed by atoms with Gasteiger partial charge < -0.3 is 4.42 Å². The Morgan fingerprint density at radius 3 is 2.45 bits per heavy atom. The highest BCUT2D eigenvalue weighted by Gasteiger charge is 2.23. The van der Waals surface area contributed by atoms with Crippen molar-refractivity contribution in [3.8, 4) is 28.5 Å². The van der Waals surface area contributed by atoms with E-state index in [1.54, 1.807) is 0 Å². The summed E-state index contributed by atoms with van der Waals surface area (Å²) in [6, 6.07) is 31.3. The molecule has 3 heteroatoms. The highest BCUT2D eigenvalue weighted by molar-refractivity contribution is 6.16. The normalized spacial score (nSPS) is 11.3. The first-order valence-corrected chi connectivity index (χ1v) is 11.0. The van der Waals surface area contributed by atoms with Crippen molar-refractivity contribution in [2.45, 2.75) is 6.92 Å². The van der Waals surface area contributed by atoms with Crippen LogP contribution < -0.4 is 4.57 Å². The third kappa shape index (κ3) is 2.92. The van der Waals surface area contributed by atoms with E-state index in [9.17, 15) is 5.26 Å². The van der Waals surface area contributed by atoms with Gasteiger partial charge in [0.05, 0.1) is 17.2 Å². The van der Waals surface area contributed by atoms with E-state index in [1.165, 1.54) is 10.9 Å². The fraction of sp³-hybridized carbons (Fsp3) is 0.0667. The van der Waals surface area contributed by atoms with Gasteiger partial charge in [0, 0.05) is 28.5 Å². The van der Waals surface area contributed by atoms with Gasteiger partial charge in [-0.3, -0.25) is 0 Å². The van der Waals surface area contributed by atoms with E-state index >= 15 is 0 Å². The van der Waals surface area contributed by atoms with Gasteiger partial charge in [0.1, 0.15) is 18.2 Å². The minimum Gasteiger partial charge on any atom is -0.455 e. The van der Waals surface area contributed by atoms with Gasteiger partial charge in [-0.15, -0.1) is 0 Å². The number of pyridine rings is 1. The molecule has 6 rings (SSSR count). The average Bonchev–Trinajstić information content (AvgIpc) is 3.22. The van der Waals surface area contributed by atoms with Crippen LogP contribution in [0.1, 0.15) is 11.1 Å². The molecule has 0 saturated heterocycles. The summed E-state index contributed by atoms with van der Waals surface area (Å²) in [5, 5.41) is 14.4. The summed E-state index contributed by atoms with van der Waals surface area (Å²) in [5.74, 6) is 0. The molecule has 0 amide bonds. The molecule has 0 fully saturated rings. The number of nitriles is 1. The molecule has 0 atom stereocenters. The molecule has 0 aliphatic carbocycles. The molecular weight excluding hydrogens is 404 g/mol. The Balaban J connectivity index is 1.73. The van der Waals surface area contributed by atoms with E-state index < -0.39 is 0 Å². The second kappa shape index (κ2) is 7.32. The Bertz CT molecular complexity index is 1750. The predicted molar refractivity (Wildman–Crippen MR) is 133 cm³/mol. The van der Waals surface area contributed by atoms with E-state index in [2.05, 4.69) is 79.3 Å². The quantitative estimate of drug-likeness (QED) is 0.278. The molecule has 0 N–H and O–H groups in total. The lowest BCUT2D eigenvalue weighted by Crippen LogP contribution is -2.30. The molecule has 4 aromatic carbocycles. The van der Waals surface area contributed by atoms with Crippen molar-refractivity contribution in [3.63, 3.8) is 0 Å². The van der Waals surface area contributed by atoms with Gasteiger partial charge in [-0.05, 0) is 59.2 Å². The molecule has 2 heterocycles. The number of rotatable bonds is 2. The lowest BCUT2D eigenvalue weighted by atomic mass is 9.93. The first kappa shape index (κ1) is 19.3. The predicted octanol–water partition coefficient (Wildman–Crippen LogP) is 7.08. The number of furan rings is 1. The molecule has 156 valence electrons. The van der Waals surface area contributed by atoms with Crippen LogP contribution in [0.3, 0.4) is 0 Å². The van der Waals surface area contributed by atoms with E-state index in [0.29, 0.717) is 5.56 Å². The highest BCUT2D eigenvalue weighted by Crippen LogP contribution is 2.42. The van der Waals surface area contributed by atoms with E-state index in [1.807, 2.05) is 36.4 Å². The molecule has 3 nitrogen and oxygen atoms in total. The molecule has 0 spiro atoms. The molecule has 0 radical (unpaired) electrons. The van der Waals surface area contributed by atoms with Crippen LogP contribution in [0, 0.1) is 18.3 Å². The van der Waals surface area contributed by atoms with Crippen molar-refractivity contribution < 1.29 is 8.98 Å². The van der Waals surface area contributed by atoms with E-state index in [-0.39, 0.29) is 0 Å². The largest absolute Gasteiger partial charge is 0.455 e. The van der Waals surface area contributed by atoms with Gasteiger partial charge in [-0.2, -0.15) is 5.26 Å². The number of hydrogen-bond donors (Lipinski definition) is 0. The minimum atomic E-state index is 0.611. The fourth-order valence-electron chi connectivity index (χ4n) is 4.87. The van der Waals surface area contributed by atoms with Crippen molar-refractivity contribution in [3.05, 3.63) is 102 Å². The summed E-state index contributed by atoms with van der Waals surface area (Å²) in [7, 11) is 2.06. The first-order valence-electron chi connectivity index (χ1n) is 11.0. The maximum absolute atomic E-state index is 9.95. The number of aryl methyl sites for hydroxylation is 2. The number of benzene rings is 4. The van der Waals surface area contributed by atoms with Crippen LogP contribution in [-0.2, 0) is 7.05 Å². The number of hydrogen-bond acceptors (Lipinski definition) is 2. The van der Waals surface area contributed by atoms with Crippen molar-refractivity contribution in [1.82, 2.24) is 0 Å². The smallest absolute Gasteiger partial charge is 0.213 e. The maximum atomic E-state index is 9.95. The van der Waals surface area contributed by atoms with Gasteiger partial charge in [-0.25, -0.2) is 4.57 Å². The molecule has 6 aromatic rings. The Kier molecular flexibility index (Phi) is 4.28. The lowest BCUT2D eigenvalue weighted by Gasteiger charge is -2.08. The number of nitrogens with zero attached hydrogens (tertiary/aromatic N) is 2. The minimum absolute atomic E-state index is 0.611. The summed E-state index contributed by atoms with van der Waals surface area (Å²) in [6.45, 7) is 2.13. The van der Waals surface area contributed by atoms with Gasteiger partial charge in [-0.1, -0.05) is 42.5 Å². The summed E-state index contributed by atoms with van der Waals surface area (Å²) < 4.78 is 8.62. The van der Waals surface area contributed by atoms with Crippen LogP contribution in [-0.4, -0.2) is 0 Å². The Labute approximate surface area is 191 Å². The van der Waals surface area contributed by atoms with Crippen LogP contribution in [0.15, 0.2) is 95.5 Å². The van der Waals surface area contributed by atoms with Crippen molar-refractivity contribution in [2.75, 3.05) is 0 Å². The van der Waals surface area contributed by atoms with Crippen molar-refractivity contribution in [2.24, 2.45) is 7.05 Å². The standard InChI is InChI=1S/C30H21N2O/c1-19-10-15-26-29(27(19)25-9-5-6-16-32(25)2)24-14-13-23(18-31)28(30(24)33-26)22-12-11-20-7-3-4-8-21(20)17-22/h3-17H,1-2H3/q+1. The average molecular weight is 426 g/mol. The molecule has 0 aliphatic rings. The van der Waals surface area contributed by atoms with Crippen LogP contribution in [0.25, 0.3) is 55.1 Å². The van der Waals surface area contributed by atoms with Crippen molar-refractivity contribution in [1.29, 1.82) is 5.26 Å². The molecular formula is C30H21N2O+. The summed E-state index contributed by atoms with van der Waals surface area (Å²) in [6.07, 6.45) is 2.06. The maximum Gasteiger partial charge on any atom is 0.213 e. The second-order valence-electron chi connectivity index (χ2n) is 8.47. The van der Waals surface area contributed by atoms with Crippen LogP contribution >= 0.6 is 0 Å². The molecule has 0 bridgehead atoms. The SMILES string of the molecule is Cc1ccc2oc3c(-c4ccc5ccccc5c4)c(C#N)ccc3c2c1-c1cccc[n+]1C. The van der Waals surface area contributed by atoms with Gasteiger partial charge in [0.25, 0.3) is 0 Å². The molecule has 0 saturated carbocycles. The number of aromatic nitrogens is 1. The molecule has 33 heavy (non-hydrogen) atoms. The fourth-order valence-corrected chi connectivity index (χ4v) is 4.87. The summed E-state index contributed by atoms with van der Waals surface area (Å²) in [5.41, 5.74) is 7.49. The van der Waals surface area contributed by atoms with E-state index in [0.717, 1.165) is 49.7 Å². The summed E-state index contributed by atoms with van der Waals surface area (Å²) in [4.78, 5) is 0. The van der Waals surface area contributed by atoms with Gasteiger partial charge >= 0.3 is 0 Å².